The molecule has 0 unspecified atom stereocenters. The van der Waals surface area contributed by atoms with E-state index in [-0.39, 0.29) is 12.5 Å². The number of aromatic nitrogens is 3. The largest absolute Gasteiger partial charge is 0.376 e. The van der Waals surface area contributed by atoms with Gasteiger partial charge in [-0.2, -0.15) is 10.2 Å². The SMILES string of the molecule is C/C(=N\NC(=O)CNc1ccccc1)c1ccc(-n2cncn2)cc1. The van der Waals surface area contributed by atoms with Gasteiger partial charge in [-0.15, -0.1) is 0 Å². The Kier molecular flexibility index (Phi) is 5.16. The molecule has 0 fully saturated rings. The highest BCUT2D eigenvalue weighted by Crippen LogP contribution is 2.09. The van der Waals surface area contributed by atoms with E-state index in [4.69, 9.17) is 0 Å². The molecule has 126 valence electrons. The number of amides is 1. The number of nitrogens with zero attached hydrogens (tertiary/aromatic N) is 4. The molecule has 7 nitrogen and oxygen atoms in total. The maximum atomic E-state index is 11.9. The summed E-state index contributed by atoms with van der Waals surface area (Å²) in [5.41, 5.74) is 5.99. The van der Waals surface area contributed by atoms with E-state index in [9.17, 15) is 4.79 Å². The van der Waals surface area contributed by atoms with Crippen LogP contribution >= 0.6 is 0 Å². The molecule has 0 aliphatic heterocycles. The minimum absolute atomic E-state index is 0.159. The Bertz CT molecular complexity index is 841. The summed E-state index contributed by atoms with van der Waals surface area (Å²) in [5.74, 6) is -0.206. The van der Waals surface area contributed by atoms with Crippen LogP contribution in [0.3, 0.4) is 0 Å². The van der Waals surface area contributed by atoms with Gasteiger partial charge in [0.15, 0.2) is 0 Å². The fourth-order valence-corrected chi connectivity index (χ4v) is 2.19. The van der Waals surface area contributed by atoms with Crippen molar-refractivity contribution >= 4 is 17.3 Å². The van der Waals surface area contributed by atoms with Gasteiger partial charge < -0.3 is 5.32 Å². The van der Waals surface area contributed by atoms with Crippen molar-refractivity contribution in [3.05, 3.63) is 72.8 Å². The molecule has 0 atom stereocenters. The van der Waals surface area contributed by atoms with Gasteiger partial charge in [-0.3, -0.25) is 4.79 Å². The maximum Gasteiger partial charge on any atom is 0.259 e. The van der Waals surface area contributed by atoms with Gasteiger partial charge in [0.05, 0.1) is 17.9 Å². The second-order valence-electron chi connectivity index (χ2n) is 5.34. The van der Waals surface area contributed by atoms with Gasteiger partial charge in [-0.25, -0.2) is 15.1 Å². The first-order valence-electron chi connectivity index (χ1n) is 7.80. The predicted molar refractivity (Wildman–Crippen MR) is 96.6 cm³/mol. The van der Waals surface area contributed by atoms with Gasteiger partial charge >= 0.3 is 0 Å². The average molecular weight is 334 g/mol. The van der Waals surface area contributed by atoms with E-state index in [0.29, 0.717) is 0 Å². The summed E-state index contributed by atoms with van der Waals surface area (Å²) < 4.78 is 1.67. The van der Waals surface area contributed by atoms with Crippen molar-refractivity contribution in [2.45, 2.75) is 6.92 Å². The van der Waals surface area contributed by atoms with Crippen molar-refractivity contribution < 1.29 is 4.79 Å². The molecule has 0 aliphatic carbocycles. The highest BCUT2D eigenvalue weighted by Gasteiger charge is 2.03. The zero-order valence-electron chi connectivity index (χ0n) is 13.8. The lowest BCUT2D eigenvalue weighted by Gasteiger charge is -2.06. The normalized spacial score (nSPS) is 11.2. The van der Waals surface area contributed by atoms with Crippen molar-refractivity contribution in [1.82, 2.24) is 20.2 Å². The fraction of sp³-hybridized carbons (Fsp3) is 0.111. The van der Waals surface area contributed by atoms with E-state index in [0.717, 1.165) is 22.6 Å². The molecule has 0 bridgehead atoms. The quantitative estimate of drug-likeness (QED) is 0.535. The van der Waals surface area contributed by atoms with Gasteiger partial charge in [0.2, 0.25) is 0 Å². The molecule has 1 amide bonds. The summed E-state index contributed by atoms with van der Waals surface area (Å²) in [6.07, 6.45) is 3.12. The first-order valence-corrected chi connectivity index (χ1v) is 7.80. The van der Waals surface area contributed by atoms with Gasteiger partial charge in [0, 0.05) is 5.69 Å². The Balaban J connectivity index is 1.55. The van der Waals surface area contributed by atoms with E-state index in [1.165, 1.54) is 6.33 Å². The van der Waals surface area contributed by atoms with Crippen molar-refractivity contribution in [1.29, 1.82) is 0 Å². The summed E-state index contributed by atoms with van der Waals surface area (Å²) >= 11 is 0. The number of carbonyl (C=O) groups excluding carboxylic acids is 1. The first-order chi connectivity index (χ1) is 12.2. The smallest absolute Gasteiger partial charge is 0.259 e. The van der Waals surface area contributed by atoms with Gasteiger partial charge in [0.25, 0.3) is 5.91 Å². The Morgan fingerprint density at radius 1 is 1.12 bits per heavy atom. The maximum absolute atomic E-state index is 11.9. The molecule has 0 saturated carbocycles. The molecule has 1 aromatic heterocycles. The second-order valence-corrected chi connectivity index (χ2v) is 5.34. The Labute approximate surface area is 145 Å². The van der Waals surface area contributed by atoms with Crippen LogP contribution in [0.15, 0.2) is 72.4 Å². The number of hydrazone groups is 1. The van der Waals surface area contributed by atoms with Gasteiger partial charge in [-0.05, 0) is 36.8 Å². The standard InChI is InChI=1S/C18H18N6O/c1-14(15-7-9-17(10-8-15)24-13-19-12-21-24)22-23-18(25)11-20-16-5-3-2-4-6-16/h2-10,12-13,20H,11H2,1H3,(H,23,25)/b22-14+. The van der Waals surface area contributed by atoms with Crippen LogP contribution in [0.4, 0.5) is 5.69 Å². The molecule has 2 N–H and O–H groups in total. The van der Waals surface area contributed by atoms with Crippen LogP contribution < -0.4 is 10.7 Å². The number of benzene rings is 2. The van der Waals surface area contributed by atoms with Crippen LogP contribution in [0.2, 0.25) is 0 Å². The van der Waals surface area contributed by atoms with Crippen LogP contribution in [-0.4, -0.2) is 32.9 Å². The van der Waals surface area contributed by atoms with Crippen LogP contribution in [0.25, 0.3) is 5.69 Å². The topological polar surface area (TPSA) is 84.2 Å². The first kappa shape index (κ1) is 16.4. The predicted octanol–water partition coefficient (Wildman–Crippen LogP) is 2.22. The average Bonchev–Trinajstić information content (AvgIpc) is 3.20. The number of nitrogens with one attached hydrogen (secondary N) is 2. The zero-order chi connectivity index (χ0) is 17.5. The summed E-state index contributed by atoms with van der Waals surface area (Å²) in [6, 6.07) is 17.2. The van der Waals surface area contributed by atoms with Crippen LogP contribution in [0.5, 0.6) is 0 Å². The lowest BCUT2D eigenvalue weighted by atomic mass is 10.1. The minimum atomic E-state index is -0.206. The molecule has 7 heteroatoms. The molecule has 2 aromatic carbocycles. The van der Waals surface area contributed by atoms with E-state index >= 15 is 0 Å². The number of hydrogen-bond acceptors (Lipinski definition) is 5. The molecule has 25 heavy (non-hydrogen) atoms. The lowest BCUT2D eigenvalue weighted by molar-refractivity contribution is -0.119. The highest BCUT2D eigenvalue weighted by atomic mass is 16.2. The number of anilines is 1. The Morgan fingerprint density at radius 2 is 1.88 bits per heavy atom. The van der Waals surface area contributed by atoms with E-state index in [1.54, 1.807) is 11.0 Å². The van der Waals surface area contributed by atoms with E-state index < -0.39 is 0 Å². The molecule has 0 spiro atoms. The summed E-state index contributed by atoms with van der Waals surface area (Å²) in [6.45, 7) is 2.00. The molecule has 1 heterocycles. The van der Waals surface area contributed by atoms with Crippen molar-refractivity contribution in [3.63, 3.8) is 0 Å². The van der Waals surface area contributed by atoms with Crippen molar-refractivity contribution in [2.24, 2.45) is 5.10 Å². The Hall–Kier alpha value is -3.48. The van der Waals surface area contributed by atoms with E-state index in [2.05, 4.69) is 25.9 Å². The number of hydrogen-bond donors (Lipinski definition) is 2. The third kappa shape index (κ3) is 4.51. The van der Waals surface area contributed by atoms with E-state index in [1.807, 2.05) is 61.5 Å². The minimum Gasteiger partial charge on any atom is -0.376 e. The third-order valence-electron chi connectivity index (χ3n) is 3.54. The van der Waals surface area contributed by atoms with Crippen LogP contribution in [-0.2, 0) is 4.79 Å². The molecule has 3 aromatic rings. The number of rotatable bonds is 6. The summed E-state index contributed by atoms with van der Waals surface area (Å²) in [4.78, 5) is 15.8. The highest BCUT2D eigenvalue weighted by molar-refractivity contribution is 5.99. The molecular weight excluding hydrogens is 316 g/mol. The molecule has 0 saturated heterocycles. The molecular formula is C18H18N6O. The lowest BCUT2D eigenvalue weighted by Crippen LogP contribution is -2.26. The number of para-hydroxylation sites is 1. The molecule has 3 rings (SSSR count). The second kappa shape index (κ2) is 7.87. The van der Waals surface area contributed by atoms with Crippen LogP contribution in [0, 0.1) is 0 Å². The summed E-state index contributed by atoms with van der Waals surface area (Å²) in [7, 11) is 0. The van der Waals surface area contributed by atoms with Crippen LogP contribution in [0.1, 0.15) is 12.5 Å². The van der Waals surface area contributed by atoms with Crippen molar-refractivity contribution in [3.8, 4) is 5.69 Å². The monoisotopic (exact) mass is 334 g/mol. The zero-order valence-corrected chi connectivity index (χ0v) is 13.8. The fourth-order valence-electron chi connectivity index (χ4n) is 2.19. The number of carbonyl (C=O) groups is 1. The van der Waals surface area contributed by atoms with Crippen molar-refractivity contribution in [2.75, 3.05) is 11.9 Å². The molecule has 0 aliphatic rings. The third-order valence-corrected chi connectivity index (χ3v) is 3.54. The molecule has 0 radical (unpaired) electrons. The Morgan fingerprint density at radius 3 is 2.56 bits per heavy atom. The van der Waals surface area contributed by atoms with Gasteiger partial charge in [0.1, 0.15) is 12.7 Å². The summed E-state index contributed by atoms with van der Waals surface area (Å²) in [5, 5.41) is 11.3. The van der Waals surface area contributed by atoms with Gasteiger partial charge in [-0.1, -0.05) is 30.3 Å².